The monoisotopic (exact) mass is 343 g/mol. The van der Waals surface area contributed by atoms with Crippen molar-refractivity contribution in [2.45, 2.75) is 59.3 Å². The molecule has 2 atom stereocenters. The molecule has 0 saturated heterocycles. The van der Waals surface area contributed by atoms with Crippen molar-refractivity contribution >= 4 is 11.8 Å². The van der Waals surface area contributed by atoms with E-state index in [1.54, 1.807) is 13.0 Å². The van der Waals surface area contributed by atoms with Crippen molar-refractivity contribution in [3.63, 3.8) is 0 Å². The van der Waals surface area contributed by atoms with Gasteiger partial charge in [-0.2, -0.15) is 0 Å². The summed E-state index contributed by atoms with van der Waals surface area (Å²) in [6.45, 7) is 9.42. The fourth-order valence-electron chi connectivity index (χ4n) is 3.04. The minimum atomic E-state index is -0.442. The van der Waals surface area contributed by atoms with Crippen LogP contribution in [0.3, 0.4) is 0 Å². The minimum Gasteiger partial charge on any atom is -0.368 e. The van der Waals surface area contributed by atoms with E-state index in [4.69, 9.17) is 5.73 Å². The van der Waals surface area contributed by atoms with Gasteiger partial charge in [-0.25, -0.2) is 0 Å². The Morgan fingerprint density at radius 1 is 1.24 bits per heavy atom. The van der Waals surface area contributed by atoms with Crippen LogP contribution in [0.2, 0.25) is 0 Å². The summed E-state index contributed by atoms with van der Waals surface area (Å²) in [7, 11) is 0. The zero-order valence-electron chi connectivity index (χ0n) is 15.6. The van der Waals surface area contributed by atoms with Crippen molar-refractivity contribution in [1.82, 2.24) is 10.2 Å². The molecule has 1 aliphatic rings. The molecule has 2 rings (SSSR count). The fraction of sp³-hybridized carbons (Fsp3) is 0.500. The predicted molar refractivity (Wildman–Crippen MR) is 99.5 cm³/mol. The molecule has 0 unspecified atom stereocenters. The Balaban J connectivity index is 2.02. The summed E-state index contributed by atoms with van der Waals surface area (Å²) in [5.74, 6) is -0.405. The summed E-state index contributed by atoms with van der Waals surface area (Å²) in [6, 6.07) is 7.59. The smallest absolute Gasteiger partial charge is 0.246 e. The molecular formula is C20H29N3O2. The van der Waals surface area contributed by atoms with E-state index in [2.05, 4.69) is 38.2 Å². The highest BCUT2D eigenvalue weighted by Gasteiger charge is 2.23. The molecule has 0 bridgehead atoms. The van der Waals surface area contributed by atoms with Crippen LogP contribution in [0, 0.1) is 5.41 Å². The normalized spacial score (nSPS) is 16.7. The van der Waals surface area contributed by atoms with Gasteiger partial charge in [0.05, 0.1) is 6.04 Å². The molecule has 0 aliphatic carbocycles. The van der Waals surface area contributed by atoms with Gasteiger partial charge in [0, 0.05) is 25.2 Å². The van der Waals surface area contributed by atoms with E-state index in [9.17, 15) is 9.59 Å². The number of hydrogen-bond donors (Lipinski definition) is 2. The number of fused-ring (bicyclic) bond motifs is 1. The second kappa shape index (κ2) is 7.83. The lowest BCUT2D eigenvalue weighted by atomic mass is 9.87. The van der Waals surface area contributed by atoms with Crippen LogP contribution >= 0.6 is 0 Å². The molecule has 136 valence electrons. The van der Waals surface area contributed by atoms with Crippen LogP contribution < -0.4 is 11.1 Å². The number of carbonyl (C=O) groups excluding carboxylic acids is 2. The van der Waals surface area contributed by atoms with Crippen LogP contribution in [-0.2, 0) is 22.7 Å². The van der Waals surface area contributed by atoms with Crippen LogP contribution in [0.15, 0.2) is 36.4 Å². The van der Waals surface area contributed by atoms with Gasteiger partial charge in [-0.05, 0) is 29.9 Å². The molecule has 0 spiro atoms. The van der Waals surface area contributed by atoms with Crippen LogP contribution in [0.25, 0.3) is 0 Å². The molecule has 5 nitrogen and oxygen atoms in total. The molecule has 0 radical (unpaired) electrons. The summed E-state index contributed by atoms with van der Waals surface area (Å²) >= 11 is 0. The number of carbonyl (C=O) groups is 2. The maximum atomic E-state index is 12.5. The summed E-state index contributed by atoms with van der Waals surface area (Å²) in [6.07, 6.45) is 4.27. The van der Waals surface area contributed by atoms with Crippen LogP contribution in [0.4, 0.5) is 0 Å². The van der Waals surface area contributed by atoms with Gasteiger partial charge in [0.25, 0.3) is 0 Å². The maximum Gasteiger partial charge on any atom is 0.246 e. The quantitative estimate of drug-likeness (QED) is 0.779. The van der Waals surface area contributed by atoms with Gasteiger partial charge in [0.2, 0.25) is 11.8 Å². The number of primary amides is 1. The van der Waals surface area contributed by atoms with E-state index in [-0.39, 0.29) is 17.4 Å². The lowest BCUT2D eigenvalue weighted by Gasteiger charge is -2.26. The number of hydrogen-bond acceptors (Lipinski definition) is 3. The van der Waals surface area contributed by atoms with Crippen LogP contribution in [0.1, 0.15) is 45.2 Å². The van der Waals surface area contributed by atoms with Crippen molar-refractivity contribution in [3.8, 4) is 0 Å². The molecule has 0 fully saturated rings. The zero-order valence-corrected chi connectivity index (χ0v) is 15.6. The number of nitrogens with one attached hydrogen (secondary N) is 1. The summed E-state index contributed by atoms with van der Waals surface area (Å²) in [5, 5.41) is 3.20. The molecule has 1 aliphatic heterocycles. The molecule has 2 amide bonds. The number of nitrogens with zero attached hydrogens (tertiary/aromatic N) is 1. The SMILES string of the molecule is C[C@H](N[C@H](/C=C/C(=O)N1Cc2ccccc2C1)CC(C)(C)C)C(N)=O. The molecule has 5 heteroatoms. The standard InChI is InChI=1S/C20H29N3O2/c1-14(19(21)25)22-17(11-20(2,3)4)9-10-18(24)23-12-15-7-5-6-8-16(15)13-23/h5-10,14,17,22H,11-13H2,1-4H3,(H2,21,25)/b10-9+/t14-,17+/m0/s1. The van der Waals surface area contributed by atoms with Crippen molar-refractivity contribution in [3.05, 3.63) is 47.5 Å². The summed E-state index contributed by atoms with van der Waals surface area (Å²) in [5.41, 5.74) is 7.82. The molecule has 0 saturated carbocycles. The van der Waals surface area contributed by atoms with Crippen molar-refractivity contribution < 1.29 is 9.59 Å². The third-order valence-corrected chi connectivity index (χ3v) is 4.35. The first-order chi connectivity index (χ1) is 11.7. The molecule has 1 aromatic rings. The summed E-state index contributed by atoms with van der Waals surface area (Å²) < 4.78 is 0. The summed E-state index contributed by atoms with van der Waals surface area (Å²) in [4.78, 5) is 25.7. The number of benzene rings is 1. The fourth-order valence-corrected chi connectivity index (χ4v) is 3.04. The van der Waals surface area contributed by atoms with Gasteiger partial charge in [-0.3, -0.25) is 14.9 Å². The van der Waals surface area contributed by atoms with Gasteiger partial charge < -0.3 is 10.6 Å². The highest BCUT2D eigenvalue weighted by molar-refractivity contribution is 5.88. The van der Waals surface area contributed by atoms with E-state index < -0.39 is 11.9 Å². The first kappa shape index (κ1) is 19.2. The Kier molecular flexibility index (Phi) is 6.01. The van der Waals surface area contributed by atoms with Crippen molar-refractivity contribution in [2.75, 3.05) is 0 Å². The lowest BCUT2D eigenvalue weighted by molar-refractivity contribution is -0.126. The topological polar surface area (TPSA) is 75.4 Å². The molecule has 1 heterocycles. The molecule has 3 N–H and O–H groups in total. The van der Waals surface area contributed by atoms with E-state index in [0.29, 0.717) is 13.1 Å². The van der Waals surface area contributed by atoms with E-state index in [1.165, 1.54) is 11.1 Å². The van der Waals surface area contributed by atoms with Gasteiger partial charge in [0.15, 0.2) is 0 Å². The first-order valence-electron chi connectivity index (χ1n) is 8.75. The van der Waals surface area contributed by atoms with Gasteiger partial charge in [-0.1, -0.05) is 51.1 Å². The maximum absolute atomic E-state index is 12.5. The van der Waals surface area contributed by atoms with Gasteiger partial charge in [0.1, 0.15) is 0 Å². The van der Waals surface area contributed by atoms with Crippen LogP contribution in [-0.4, -0.2) is 28.8 Å². The number of rotatable bonds is 6. The average Bonchev–Trinajstić information content (AvgIpc) is 2.94. The Morgan fingerprint density at radius 3 is 2.28 bits per heavy atom. The Bertz CT molecular complexity index is 636. The molecule has 25 heavy (non-hydrogen) atoms. The van der Waals surface area contributed by atoms with Gasteiger partial charge >= 0.3 is 0 Å². The number of nitrogens with two attached hydrogens (primary N) is 1. The highest BCUT2D eigenvalue weighted by atomic mass is 16.2. The molecular weight excluding hydrogens is 314 g/mol. The van der Waals surface area contributed by atoms with E-state index >= 15 is 0 Å². The van der Waals surface area contributed by atoms with Crippen molar-refractivity contribution in [2.24, 2.45) is 11.1 Å². The Morgan fingerprint density at radius 2 is 1.80 bits per heavy atom. The van der Waals surface area contributed by atoms with E-state index in [0.717, 1.165) is 6.42 Å². The third-order valence-electron chi connectivity index (χ3n) is 4.35. The van der Waals surface area contributed by atoms with E-state index in [1.807, 2.05) is 23.1 Å². The zero-order chi connectivity index (χ0) is 18.6. The second-order valence-corrected chi connectivity index (χ2v) is 7.98. The minimum absolute atomic E-state index is 0.0105. The highest BCUT2D eigenvalue weighted by Crippen LogP contribution is 2.23. The lowest BCUT2D eigenvalue weighted by Crippen LogP contribution is -2.45. The van der Waals surface area contributed by atoms with Gasteiger partial charge in [-0.15, -0.1) is 0 Å². The molecule has 0 aromatic heterocycles. The molecule has 1 aromatic carbocycles. The second-order valence-electron chi connectivity index (χ2n) is 7.98. The van der Waals surface area contributed by atoms with Crippen LogP contribution in [0.5, 0.6) is 0 Å². The number of amides is 2. The average molecular weight is 343 g/mol. The Labute approximate surface area is 150 Å². The predicted octanol–water partition coefficient (Wildman–Crippen LogP) is 2.35. The third kappa shape index (κ3) is 5.71. The largest absolute Gasteiger partial charge is 0.368 e. The first-order valence-corrected chi connectivity index (χ1v) is 8.75. The Hall–Kier alpha value is -2.14. The van der Waals surface area contributed by atoms with Crippen molar-refractivity contribution in [1.29, 1.82) is 0 Å².